The molecule has 4 heterocycles. The monoisotopic (exact) mass is 384 g/mol. The second-order valence-electron chi connectivity index (χ2n) is 8.13. The Kier molecular flexibility index (Phi) is 6.29. The van der Waals surface area contributed by atoms with Gasteiger partial charge in [-0.2, -0.15) is 5.10 Å². The first-order valence-electron chi connectivity index (χ1n) is 10.3. The molecule has 5 rings (SSSR count). The van der Waals surface area contributed by atoms with Gasteiger partial charge in [-0.05, 0) is 42.5 Å². The van der Waals surface area contributed by atoms with E-state index < -0.39 is 0 Å². The van der Waals surface area contributed by atoms with Gasteiger partial charge >= 0.3 is 0 Å². The maximum absolute atomic E-state index is 5.58. The van der Waals surface area contributed by atoms with Gasteiger partial charge in [-0.15, -0.1) is 0 Å². The second-order valence-corrected chi connectivity index (χ2v) is 8.13. The molecule has 2 atom stereocenters. The van der Waals surface area contributed by atoms with E-state index in [0.29, 0.717) is 6.04 Å². The van der Waals surface area contributed by atoms with E-state index >= 15 is 0 Å². The van der Waals surface area contributed by atoms with Crippen LogP contribution in [0.1, 0.15) is 24.0 Å². The Morgan fingerprint density at radius 3 is 2.82 bits per heavy atom. The van der Waals surface area contributed by atoms with E-state index in [1.54, 1.807) is 14.2 Å². The number of benzene rings is 1. The molecule has 0 radical (unpaired) electrons. The summed E-state index contributed by atoms with van der Waals surface area (Å²) in [6, 6.07) is 9.22. The molecule has 0 unspecified atom stereocenters. The summed E-state index contributed by atoms with van der Waals surface area (Å²) in [4.78, 5) is 5.30. The van der Waals surface area contributed by atoms with Crippen LogP contribution < -0.4 is 4.74 Å². The van der Waals surface area contributed by atoms with E-state index in [-0.39, 0.29) is 0 Å². The Morgan fingerprint density at radius 2 is 2.04 bits per heavy atom. The fourth-order valence-electron chi connectivity index (χ4n) is 4.77. The van der Waals surface area contributed by atoms with Crippen molar-refractivity contribution >= 4 is 0 Å². The van der Waals surface area contributed by atoms with Crippen LogP contribution in [0.25, 0.3) is 0 Å². The molecular weight excluding hydrogens is 352 g/mol. The van der Waals surface area contributed by atoms with Crippen LogP contribution in [0.2, 0.25) is 0 Å². The van der Waals surface area contributed by atoms with Crippen LogP contribution in [-0.4, -0.2) is 72.6 Å². The van der Waals surface area contributed by atoms with Crippen molar-refractivity contribution in [2.24, 2.45) is 5.92 Å². The summed E-state index contributed by atoms with van der Waals surface area (Å²) in [7, 11) is 3.54. The number of aromatic nitrogens is 2. The first-order chi connectivity index (χ1) is 13.7. The highest BCUT2D eigenvalue weighted by atomic mass is 16.5. The molecule has 0 aliphatic carbocycles. The van der Waals surface area contributed by atoms with Gasteiger partial charge in [0.05, 0.1) is 20.3 Å². The molecule has 0 amide bonds. The van der Waals surface area contributed by atoms with Crippen molar-refractivity contribution in [3.05, 3.63) is 47.8 Å². The molecule has 2 bridgehead atoms. The zero-order valence-electron chi connectivity index (χ0n) is 17.1. The van der Waals surface area contributed by atoms with Gasteiger partial charge in [-0.3, -0.25) is 14.5 Å². The van der Waals surface area contributed by atoms with Crippen molar-refractivity contribution in [3.8, 4) is 5.75 Å². The molecule has 3 saturated heterocycles. The van der Waals surface area contributed by atoms with Crippen molar-refractivity contribution in [1.82, 2.24) is 19.6 Å². The molecule has 3 aliphatic heterocycles. The Morgan fingerprint density at radius 1 is 1.11 bits per heavy atom. The summed E-state index contributed by atoms with van der Waals surface area (Å²) in [6.45, 7) is 7.20. The molecule has 6 heteroatoms. The Hall–Kier alpha value is -1.89. The average Bonchev–Trinajstić information content (AvgIpc) is 3.06. The highest BCUT2D eigenvalue weighted by molar-refractivity contribution is 5.37. The van der Waals surface area contributed by atoms with Gasteiger partial charge < -0.3 is 9.47 Å². The molecule has 2 aromatic rings. The summed E-state index contributed by atoms with van der Waals surface area (Å²) < 4.78 is 12.8. The zero-order chi connectivity index (χ0) is 19.3. The number of fused-ring (bicyclic) bond motifs is 4. The summed E-state index contributed by atoms with van der Waals surface area (Å²) >= 11 is 0. The standard InChI is InChI=1S/C22H32N4O2/c1-27-11-10-25-15-19-4-6-21(25)17-24(14-19)13-18-5-7-22(28-2)20(12-18)16-26-9-3-8-23-26/h3,5,7-9,12,19,21H,4,6,10-11,13-17H2,1-2H3/t19-,21+/m0/s1. The van der Waals surface area contributed by atoms with Gasteiger partial charge in [0.25, 0.3) is 0 Å². The first-order valence-corrected chi connectivity index (χ1v) is 10.3. The van der Waals surface area contributed by atoms with E-state index in [4.69, 9.17) is 9.47 Å². The Bertz CT molecular complexity index is 749. The fourth-order valence-corrected chi connectivity index (χ4v) is 4.77. The van der Waals surface area contributed by atoms with Crippen molar-refractivity contribution < 1.29 is 9.47 Å². The topological polar surface area (TPSA) is 42.8 Å². The quantitative estimate of drug-likeness (QED) is 0.700. The SMILES string of the molecule is COCCN1C[C@H]2CC[C@@H]1CN(Cc1ccc(OC)c(Cn3cccn3)c1)C2. The van der Waals surface area contributed by atoms with E-state index in [0.717, 1.165) is 44.5 Å². The lowest BCUT2D eigenvalue weighted by Crippen LogP contribution is -2.45. The van der Waals surface area contributed by atoms with Crippen molar-refractivity contribution in [2.45, 2.75) is 32.0 Å². The van der Waals surface area contributed by atoms with Gasteiger partial charge in [0.1, 0.15) is 5.75 Å². The molecule has 3 aliphatic rings. The molecule has 1 aromatic heterocycles. The fraction of sp³-hybridized carbons (Fsp3) is 0.591. The summed E-state index contributed by atoms with van der Waals surface area (Å²) in [6.07, 6.45) is 6.49. The summed E-state index contributed by atoms with van der Waals surface area (Å²) in [5.74, 6) is 1.71. The van der Waals surface area contributed by atoms with Gasteiger partial charge in [-0.25, -0.2) is 0 Å². The molecule has 0 saturated carbocycles. The molecule has 0 N–H and O–H groups in total. The maximum atomic E-state index is 5.58. The molecule has 3 fully saturated rings. The normalized spacial score (nSPS) is 23.1. The van der Waals surface area contributed by atoms with Gasteiger partial charge in [-0.1, -0.05) is 6.07 Å². The number of hydrogen-bond acceptors (Lipinski definition) is 5. The lowest BCUT2D eigenvalue weighted by molar-refractivity contribution is 0.0867. The van der Waals surface area contributed by atoms with Crippen LogP contribution in [0, 0.1) is 5.92 Å². The van der Waals surface area contributed by atoms with Crippen LogP contribution >= 0.6 is 0 Å². The average molecular weight is 385 g/mol. The van der Waals surface area contributed by atoms with E-state index in [9.17, 15) is 0 Å². The van der Waals surface area contributed by atoms with Crippen LogP contribution in [-0.2, 0) is 17.8 Å². The minimum atomic E-state index is 0.663. The Labute approximate surface area is 168 Å². The third-order valence-electron chi connectivity index (χ3n) is 6.13. The van der Waals surface area contributed by atoms with Gasteiger partial charge in [0, 0.05) is 63.8 Å². The first kappa shape index (κ1) is 19.4. The number of piperidine rings is 1. The number of rotatable bonds is 8. The number of ether oxygens (including phenoxy) is 2. The third kappa shape index (κ3) is 4.57. The smallest absolute Gasteiger partial charge is 0.123 e. The van der Waals surface area contributed by atoms with Crippen LogP contribution in [0.5, 0.6) is 5.75 Å². The molecule has 1 aromatic carbocycles. The van der Waals surface area contributed by atoms with E-state index in [2.05, 4.69) is 33.1 Å². The van der Waals surface area contributed by atoms with Crippen molar-refractivity contribution in [3.63, 3.8) is 0 Å². The third-order valence-corrected chi connectivity index (χ3v) is 6.13. The highest BCUT2D eigenvalue weighted by Crippen LogP contribution is 2.29. The molecule has 6 nitrogen and oxygen atoms in total. The zero-order valence-corrected chi connectivity index (χ0v) is 17.1. The van der Waals surface area contributed by atoms with Crippen molar-refractivity contribution in [1.29, 1.82) is 0 Å². The summed E-state index contributed by atoms with van der Waals surface area (Å²) in [5, 5.41) is 4.34. The number of methoxy groups -OCH3 is 2. The predicted molar refractivity (Wildman–Crippen MR) is 110 cm³/mol. The van der Waals surface area contributed by atoms with Crippen molar-refractivity contribution in [2.75, 3.05) is 47.0 Å². The van der Waals surface area contributed by atoms with E-state index in [1.165, 1.54) is 37.1 Å². The Balaban J connectivity index is 1.45. The highest BCUT2D eigenvalue weighted by Gasteiger charge is 2.34. The largest absolute Gasteiger partial charge is 0.496 e. The van der Waals surface area contributed by atoms with Crippen LogP contribution in [0.4, 0.5) is 0 Å². The minimum absolute atomic E-state index is 0.663. The van der Waals surface area contributed by atoms with E-state index in [1.807, 2.05) is 23.1 Å². The number of hydrogen-bond donors (Lipinski definition) is 0. The summed E-state index contributed by atoms with van der Waals surface area (Å²) in [5.41, 5.74) is 2.54. The second kappa shape index (κ2) is 9.07. The molecule has 152 valence electrons. The predicted octanol–water partition coefficient (Wildman–Crippen LogP) is 2.48. The maximum Gasteiger partial charge on any atom is 0.123 e. The molecule has 28 heavy (non-hydrogen) atoms. The molecule has 0 spiro atoms. The minimum Gasteiger partial charge on any atom is -0.496 e. The van der Waals surface area contributed by atoms with Crippen LogP contribution in [0.15, 0.2) is 36.7 Å². The molecular formula is C22H32N4O2. The lowest BCUT2D eigenvalue weighted by atomic mass is 9.95. The van der Waals surface area contributed by atoms with Crippen LogP contribution in [0.3, 0.4) is 0 Å². The lowest BCUT2D eigenvalue weighted by Gasteiger charge is -2.35. The van der Waals surface area contributed by atoms with Gasteiger partial charge in [0.15, 0.2) is 0 Å². The van der Waals surface area contributed by atoms with Gasteiger partial charge in [0.2, 0.25) is 0 Å². The number of nitrogens with zero attached hydrogens (tertiary/aromatic N) is 4.